The number of rotatable bonds is 6. The first-order valence-corrected chi connectivity index (χ1v) is 8.34. The first-order valence-electron chi connectivity index (χ1n) is 8.34. The molecule has 1 heterocycles. The Hall–Kier alpha value is -1.10. The van der Waals surface area contributed by atoms with Gasteiger partial charge in [-0.2, -0.15) is 0 Å². The lowest BCUT2D eigenvalue weighted by atomic mass is 9.80. The molecule has 2 unspecified atom stereocenters. The predicted octanol–water partition coefficient (Wildman–Crippen LogP) is 2.06. The highest BCUT2D eigenvalue weighted by Crippen LogP contribution is 2.31. The summed E-state index contributed by atoms with van der Waals surface area (Å²) in [6.45, 7) is 10.7. The van der Waals surface area contributed by atoms with E-state index in [4.69, 9.17) is 4.74 Å². The van der Waals surface area contributed by atoms with Gasteiger partial charge in [0.2, 0.25) is 11.8 Å². The van der Waals surface area contributed by atoms with Gasteiger partial charge in [0.25, 0.3) is 0 Å². The zero-order chi connectivity index (χ0) is 16.8. The number of carbonyl (C=O) groups is 2. The fourth-order valence-electron chi connectivity index (χ4n) is 3.07. The second-order valence-corrected chi connectivity index (χ2v) is 7.27. The molecule has 0 bridgehead atoms. The van der Waals surface area contributed by atoms with E-state index in [1.807, 2.05) is 25.7 Å². The number of ether oxygens (including phenoxy) is 1. The molecule has 5 heteroatoms. The molecule has 2 amide bonds. The molecule has 1 rings (SSSR count). The maximum Gasteiger partial charge on any atom is 0.227 e. The molecule has 1 saturated heterocycles. The SMILES string of the molecule is CCC1CN(C(=O)C(C)(C)C)CCC1CC(=O)NCCOC. The summed E-state index contributed by atoms with van der Waals surface area (Å²) in [6, 6.07) is 0. The Morgan fingerprint density at radius 1 is 1.27 bits per heavy atom. The van der Waals surface area contributed by atoms with Crippen molar-refractivity contribution in [3.63, 3.8) is 0 Å². The van der Waals surface area contributed by atoms with Crippen LogP contribution in [0.3, 0.4) is 0 Å². The molecule has 1 fully saturated rings. The molecule has 2 atom stereocenters. The van der Waals surface area contributed by atoms with E-state index < -0.39 is 0 Å². The molecule has 128 valence electrons. The van der Waals surface area contributed by atoms with Crippen molar-refractivity contribution in [1.82, 2.24) is 10.2 Å². The summed E-state index contributed by atoms with van der Waals surface area (Å²) in [6.07, 6.45) is 2.47. The monoisotopic (exact) mass is 312 g/mol. The van der Waals surface area contributed by atoms with Crippen molar-refractivity contribution in [3.05, 3.63) is 0 Å². The van der Waals surface area contributed by atoms with E-state index in [1.165, 1.54) is 0 Å². The maximum atomic E-state index is 12.4. The van der Waals surface area contributed by atoms with Crippen molar-refractivity contribution in [2.24, 2.45) is 17.3 Å². The van der Waals surface area contributed by atoms with E-state index in [0.29, 0.717) is 31.4 Å². The van der Waals surface area contributed by atoms with Gasteiger partial charge in [0.1, 0.15) is 0 Å². The molecule has 0 aromatic carbocycles. The van der Waals surface area contributed by atoms with Gasteiger partial charge in [-0.1, -0.05) is 34.1 Å². The second kappa shape index (κ2) is 8.51. The van der Waals surface area contributed by atoms with Gasteiger partial charge >= 0.3 is 0 Å². The summed E-state index contributed by atoms with van der Waals surface area (Å²) in [7, 11) is 1.63. The van der Waals surface area contributed by atoms with Crippen LogP contribution in [0, 0.1) is 17.3 Å². The van der Waals surface area contributed by atoms with Crippen molar-refractivity contribution < 1.29 is 14.3 Å². The number of carbonyl (C=O) groups excluding carboxylic acids is 2. The second-order valence-electron chi connectivity index (χ2n) is 7.27. The van der Waals surface area contributed by atoms with E-state index in [0.717, 1.165) is 25.9 Å². The van der Waals surface area contributed by atoms with Gasteiger partial charge < -0.3 is 15.0 Å². The number of amides is 2. The van der Waals surface area contributed by atoms with E-state index >= 15 is 0 Å². The number of nitrogens with zero attached hydrogens (tertiary/aromatic N) is 1. The molecule has 22 heavy (non-hydrogen) atoms. The Bertz CT molecular complexity index is 377. The predicted molar refractivity (Wildman–Crippen MR) is 87.4 cm³/mol. The minimum atomic E-state index is -0.331. The summed E-state index contributed by atoms with van der Waals surface area (Å²) in [4.78, 5) is 26.4. The number of likely N-dealkylation sites (tertiary alicyclic amines) is 1. The first kappa shape index (κ1) is 18.9. The van der Waals surface area contributed by atoms with E-state index in [1.54, 1.807) is 7.11 Å². The molecule has 0 saturated carbocycles. The molecule has 0 spiro atoms. The molecule has 5 nitrogen and oxygen atoms in total. The average molecular weight is 312 g/mol. The number of nitrogens with one attached hydrogen (secondary N) is 1. The summed E-state index contributed by atoms with van der Waals surface area (Å²) >= 11 is 0. The molecule has 0 aromatic heterocycles. The van der Waals surface area contributed by atoms with Crippen molar-refractivity contribution in [1.29, 1.82) is 0 Å². The Kier molecular flexibility index (Phi) is 7.33. The summed E-state index contributed by atoms with van der Waals surface area (Å²) in [5, 5.41) is 2.89. The average Bonchev–Trinajstić information content (AvgIpc) is 2.46. The van der Waals surface area contributed by atoms with Gasteiger partial charge in [0, 0.05) is 38.6 Å². The lowest BCUT2D eigenvalue weighted by Crippen LogP contribution is -2.48. The zero-order valence-electron chi connectivity index (χ0n) is 14.8. The van der Waals surface area contributed by atoms with Crippen LogP contribution in [-0.4, -0.2) is 50.1 Å². The third-order valence-corrected chi connectivity index (χ3v) is 4.42. The van der Waals surface area contributed by atoms with E-state index in [-0.39, 0.29) is 17.2 Å². The Morgan fingerprint density at radius 3 is 2.50 bits per heavy atom. The van der Waals surface area contributed by atoms with Gasteiger partial charge in [0.15, 0.2) is 0 Å². The smallest absolute Gasteiger partial charge is 0.227 e. The minimum absolute atomic E-state index is 0.0936. The zero-order valence-corrected chi connectivity index (χ0v) is 14.8. The van der Waals surface area contributed by atoms with Crippen LogP contribution in [0.4, 0.5) is 0 Å². The quantitative estimate of drug-likeness (QED) is 0.764. The standard InChI is InChI=1S/C17H32N2O3/c1-6-13-12-19(16(21)17(2,3)4)9-7-14(13)11-15(20)18-8-10-22-5/h13-14H,6-12H2,1-5H3,(H,18,20). The summed E-state index contributed by atoms with van der Waals surface area (Å²) < 4.78 is 4.94. The van der Waals surface area contributed by atoms with Gasteiger partial charge in [-0.25, -0.2) is 0 Å². The molecule has 0 aromatic rings. The van der Waals surface area contributed by atoms with Crippen LogP contribution < -0.4 is 5.32 Å². The van der Waals surface area contributed by atoms with Crippen LogP contribution in [-0.2, 0) is 14.3 Å². The fourth-order valence-corrected chi connectivity index (χ4v) is 3.07. The van der Waals surface area contributed by atoms with Gasteiger partial charge in [-0.3, -0.25) is 9.59 Å². The van der Waals surface area contributed by atoms with E-state index in [9.17, 15) is 9.59 Å². The highest BCUT2D eigenvalue weighted by Gasteiger charge is 2.35. The highest BCUT2D eigenvalue weighted by atomic mass is 16.5. The first-order chi connectivity index (χ1) is 10.3. The number of hydrogen-bond donors (Lipinski definition) is 1. The fraction of sp³-hybridized carbons (Fsp3) is 0.882. The molecule has 1 aliphatic rings. The topological polar surface area (TPSA) is 58.6 Å². The van der Waals surface area contributed by atoms with Gasteiger partial charge in [-0.05, 0) is 18.3 Å². The van der Waals surface area contributed by atoms with Crippen molar-refractivity contribution in [3.8, 4) is 0 Å². The van der Waals surface area contributed by atoms with E-state index in [2.05, 4.69) is 12.2 Å². The van der Waals surface area contributed by atoms with Crippen LogP contribution in [0.1, 0.15) is 47.0 Å². The number of methoxy groups -OCH3 is 1. The third-order valence-electron chi connectivity index (χ3n) is 4.42. The van der Waals surface area contributed by atoms with Gasteiger partial charge in [0.05, 0.1) is 6.61 Å². The Balaban J connectivity index is 2.52. The molecule has 1 N–H and O–H groups in total. The Labute approximate surface area is 134 Å². The van der Waals surface area contributed by atoms with Crippen LogP contribution in [0.15, 0.2) is 0 Å². The maximum absolute atomic E-state index is 12.4. The molecule has 0 aliphatic carbocycles. The summed E-state index contributed by atoms with van der Waals surface area (Å²) in [5.41, 5.74) is -0.331. The van der Waals surface area contributed by atoms with Gasteiger partial charge in [-0.15, -0.1) is 0 Å². The van der Waals surface area contributed by atoms with Crippen molar-refractivity contribution in [2.75, 3.05) is 33.4 Å². The lowest BCUT2D eigenvalue weighted by Gasteiger charge is -2.40. The Morgan fingerprint density at radius 2 is 1.95 bits per heavy atom. The number of piperidine rings is 1. The van der Waals surface area contributed by atoms with Crippen molar-refractivity contribution >= 4 is 11.8 Å². The lowest BCUT2D eigenvalue weighted by molar-refractivity contribution is -0.142. The minimum Gasteiger partial charge on any atom is -0.383 e. The van der Waals surface area contributed by atoms with Crippen LogP contribution in [0.2, 0.25) is 0 Å². The van der Waals surface area contributed by atoms with Crippen LogP contribution in [0.5, 0.6) is 0 Å². The summed E-state index contributed by atoms with van der Waals surface area (Å²) in [5.74, 6) is 1.09. The number of hydrogen-bond acceptors (Lipinski definition) is 3. The largest absolute Gasteiger partial charge is 0.383 e. The van der Waals surface area contributed by atoms with Crippen LogP contribution >= 0.6 is 0 Å². The molecular weight excluding hydrogens is 280 g/mol. The highest BCUT2D eigenvalue weighted by molar-refractivity contribution is 5.81. The normalized spacial score (nSPS) is 22.5. The molecule has 1 aliphatic heterocycles. The van der Waals surface area contributed by atoms with Crippen LogP contribution in [0.25, 0.3) is 0 Å². The third kappa shape index (κ3) is 5.59. The van der Waals surface area contributed by atoms with Crippen molar-refractivity contribution in [2.45, 2.75) is 47.0 Å². The molecule has 0 radical (unpaired) electrons. The molecular formula is C17H32N2O3.